The first-order chi connectivity index (χ1) is 12.5. The van der Waals surface area contributed by atoms with Crippen LogP contribution in [0.15, 0.2) is 23.2 Å². The minimum Gasteiger partial charge on any atom is -0.490 e. The van der Waals surface area contributed by atoms with Gasteiger partial charge in [-0.05, 0) is 44.2 Å². The number of nitrogens with zero attached hydrogens (tertiary/aromatic N) is 2. The van der Waals surface area contributed by atoms with Crippen molar-refractivity contribution in [3.05, 3.63) is 29.3 Å². The van der Waals surface area contributed by atoms with E-state index in [-0.39, 0.29) is 29.9 Å². The largest absolute Gasteiger partial charge is 0.490 e. The molecule has 0 heterocycles. The van der Waals surface area contributed by atoms with Crippen LogP contribution in [0.25, 0.3) is 0 Å². The first-order valence-electron chi connectivity index (χ1n) is 9.40. The summed E-state index contributed by atoms with van der Waals surface area (Å²) in [6.07, 6.45) is 5.57. The summed E-state index contributed by atoms with van der Waals surface area (Å²) in [5, 5.41) is 6.49. The molecule has 152 valence electrons. The number of guanidine groups is 1. The predicted octanol–water partition coefficient (Wildman–Crippen LogP) is 3.08. The Morgan fingerprint density at radius 3 is 2.59 bits per heavy atom. The molecular formula is C20H33IN4O2. The van der Waals surface area contributed by atoms with Crippen molar-refractivity contribution in [3.8, 4) is 5.75 Å². The number of aryl methyl sites for hydroxylation is 1. The molecule has 0 spiro atoms. The zero-order valence-electron chi connectivity index (χ0n) is 16.9. The monoisotopic (exact) mass is 488 g/mol. The molecule has 1 aliphatic rings. The number of hydrogen-bond donors (Lipinski definition) is 2. The van der Waals surface area contributed by atoms with E-state index < -0.39 is 0 Å². The fourth-order valence-corrected chi connectivity index (χ4v) is 3.01. The molecule has 1 aliphatic carbocycles. The molecule has 6 nitrogen and oxygen atoms in total. The Hall–Kier alpha value is -1.51. The number of benzene rings is 1. The second kappa shape index (κ2) is 12.0. The number of hydrogen-bond acceptors (Lipinski definition) is 3. The van der Waals surface area contributed by atoms with Crippen molar-refractivity contribution in [1.29, 1.82) is 0 Å². The van der Waals surface area contributed by atoms with Crippen LogP contribution < -0.4 is 15.4 Å². The lowest BCUT2D eigenvalue weighted by atomic mass is 10.1. The van der Waals surface area contributed by atoms with E-state index in [4.69, 9.17) is 4.74 Å². The lowest BCUT2D eigenvalue weighted by Gasteiger charge is -2.18. The summed E-state index contributed by atoms with van der Waals surface area (Å²) in [4.78, 5) is 17.5. The van der Waals surface area contributed by atoms with Gasteiger partial charge >= 0.3 is 0 Å². The Morgan fingerprint density at radius 1 is 1.26 bits per heavy atom. The van der Waals surface area contributed by atoms with E-state index in [1.807, 2.05) is 0 Å². The van der Waals surface area contributed by atoms with Crippen molar-refractivity contribution < 1.29 is 9.53 Å². The first kappa shape index (κ1) is 23.5. The van der Waals surface area contributed by atoms with Crippen LogP contribution in [0.5, 0.6) is 5.75 Å². The van der Waals surface area contributed by atoms with Gasteiger partial charge in [0.1, 0.15) is 5.75 Å². The summed E-state index contributed by atoms with van der Waals surface area (Å²) < 4.78 is 6.24. The molecule has 0 aliphatic heterocycles. The van der Waals surface area contributed by atoms with E-state index in [1.165, 1.54) is 18.4 Å². The highest BCUT2D eigenvalue weighted by Crippen LogP contribution is 2.27. The molecule has 1 saturated carbocycles. The second-order valence-corrected chi connectivity index (χ2v) is 7.03. The van der Waals surface area contributed by atoms with Crippen molar-refractivity contribution >= 4 is 35.8 Å². The van der Waals surface area contributed by atoms with E-state index in [0.717, 1.165) is 24.2 Å². The van der Waals surface area contributed by atoms with Gasteiger partial charge in [0.2, 0.25) is 5.91 Å². The molecule has 0 saturated heterocycles. The Kier molecular flexibility index (Phi) is 10.5. The lowest BCUT2D eigenvalue weighted by Crippen LogP contribution is -2.38. The van der Waals surface area contributed by atoms with Crippen LogP contribution in [0, 0.1) is 6.92 Å². The summed E-state index contributed by atoms with van der Waals surface area (Å²) in [5.74, 6) is 1.74. The Balaban J connectivity index is 0.00000364. The van der Waals surface area contributed by atoms with Gasteiger partial charge in [0.15, 0.2) is 5.96 Å². The van der Waals surface area contributed by atoms with Crippen LogP contribution in [0.3, 0.4) is 0 Å². The molecule has 7 heteroatoms. The van der Waals surface area contributed by atoms with E-state index in [9.17, 15) is 4.79 Å². The highest BCUT2D eigenvalue weighted by Gasteiger charge is 2.18. The number of nitrogens with one attached hydrogen (secondary N) is 2. The van der Waals surface area contributed by atoms with Crippen molar-refractivity contribution in [2.45, 2.75) is 51.7 Å². The molecule has 0 bridgehead atoms. The standard InChI is InChI=1S/C20H32N4O2.HI/c1-15-9-10-16(18(13-15)26-17-7-5-6-8-17)14-23-20(21-2)22-12-11-19(25)24(3)4;/h9-10,13,17H,5-8,11-12,14H2,1-4H3,(H2,21,22,23);1H. The average Bonchev–Trinajstić information content (AvgIpc) is 3.12. The Labute approximate surface area is 180 Å². The van der Waals surface area contributed by atoms with Gasteiger partial charge in [-0.3, -0.25) is 9.79 Å². The Bertz CT molecular complexity index is 628. The third kappa shape index (κ3) is 7.94. The number of carbonyl (C=O) groups excluding carboxylic acids is 1. The maximum absolute atomic E-state index is 11.6. The van der Waals surface area contributed by atoms with Gasteiger partial charge < -0.3 is 20.3 Å². The van der Waals surface area contributed by atoms with Gasteiger partial charge in [0.05, 0.1) is 6.10 Å². The van der Waals surface area contributed by atoms with E-state index in [2.05, 4.69) is 40.7 Å². The van der Waals surface area contributed by atoms with Crippen LogP contribution in [-0.4, -0.2) is 50.6 Å². The average molecular weight is 488 g/mol. The quantitative estimate of drug-likeness (QED) is 0.352. The number of carbonyl (C=O) groups is 1. The topological polar surface area (TPSA) is 66.0 Å². The van der Waals surface area contributed by atoms with Crippen molar-refractivity contribution in [2.24, 2.45) is 4.99 Å². The molecule has 0 aromatic heterocycles. The minimum absolute atomic E-state index is 0. The van der Waals surface area contributed by atoms with Gasteiger partial charge in [-0.2, -0.15) is 0 Å². The highest BCUT2D eigenvalue weighted by atomic mass is 127. The summed E-state index contributed by atoms with van der Waals surface area (Å²) in [5.41, 5.74) is 2.32. The zero-order valence-corrected chi connectivity index (χ0v) is 19.2. The van der Waals surface area contributed by atoms with Crippen LogP contribution in [0.1, 0.15) is 43.2 Å². The molecule has 2 N–H and O–H groups in total. The highest BCUT2D eigenvalue weighted by molar-refractivity contribution is 14.0. The lowest BCUT2D eigenvalue weighted by molar-refractivity contribution is -0.128. The molecule has 2 rings (SSSR count). The van der Waals surface area contributed by atoms with Crippen LogP contribution in [-0.2, 0) is 11.3 Å². The van der Waals surface area contributed by atoms with Gasteiger partial charge in [0, 0.05) is 46.2 Å². The van der Waals surface area contributed by atoms with Crippen LogP contribution in [0.4, 0.5) is 0 Å². The molecule has 0 unspecified atom stereocenters. The van der Waals surface area contributed by atoms with E-state index >= 15 is 0 Å². The molecule has 1 aromatic rings. The fourth-order valence-electron chi connectivity index (χ4n) is 3.01. The normalized spacial score (nSPS) is 14.4. The summed E-state index contributed by atoms with van der Waals surface area (Å²) in [7, 11) is 5.26. The number of halogens is 1. The first-order valence-corrected chi connectivity index (χ1v) is 9.40. The van der Waals surface area contributed by atoms with E-state index in [1.54, 1.807) is 26.0 Å². The Morgan fingerprint density at radius 2 is 1.96 bits per heavy atom. The van der Waals surface area contributed by atoms with E-state index in [0.29, 0.717) is 31.6 Å². The van der Waals surface area contributed by atoms with Crippen molar-refractivity contribution in [3.63, 3.8) is 0 Å². The fraction of sp³-hybridized carbons (Fsp3) is 0.600. The maximum atomic E-state index is 11.6. The van der Waals surface area contributed by atoms with Crippen LogP contribution in [0.2, 0.25) is 0 Å². The molecule has 0 radical (unpaired) electrons. The molecule has 0 atom stereocenters. The van der Waals surface area contributed by atoms with Gasteiger partial charge in [-0.1, -0.05) is 12.1 Å². The molecule has 1 aromatic carbocycles. The van der Waals surface area contributed by atoms with Gasteiger partial charge in [0.25, 0.3) is 0 Å². The third-order valence-corrected chi connectivity index (χ3v) is 4.62. The van der Waals surface area contributed by atoms with Crippen molar-refractivity contribution in [2.75, 3.05) is 27.7 Å². The summed E-state index contributed by atoms with van der Waals surface area (Å²) in [6.45, 7) is 3.26. The predicted molar refractivity (Wildman–Crippen MR) is 121 cm³/mol. The second-order valence-electron chi connectivity index (χ2n) is 7.03. The smallest absolute Gasteiger partial charge is 0.223 e. The number of rotatable bonds is 7. The van der Waals surface area contributed by atoms with Gasteiger partial charge in [-0.25, -0.2) is 0 Å². The minimum atomic E-state index is 0. The SMILES string of the molecule is CN=C(NCCC(=O)N(C)C)NCc1ccc(C)cc1OC1CCCC1.I. The summed E-state index contributed by atoms with van der Waals surface area (Å²) in [6, 6.07) is 6.32. The number of aliphatic imine (C=N–C) groups is 1. The van der Waals surface area contributed by atoms with Crippen LogP contribution >= 0.6 is 24.0 Å². The number of ether oxygens (including phenoxy) is 1. The summed E-state index contributed by atoms with van der Waals surface area (Å²) >= 11 is 0. The molecule has 1 fully saturated rings. The maximum Gasteiger partial charge on any atom is 0.223 e. The van der Waals surface area contributed by atoms with Crippen molar-refractivity contribution in [1.82, 2.24) is 15.5 Å². The molecular weight excluding hydrogens is 455 g/mol. The molecule has 27 heavy (non-hydrogen) atoms. The third-order valence-electron chi connectivity index (χ3n) is 4.62. The molecule has 1 amide bonds. The van der Waals surface area contributed by atoms with Gasteiger partial charge in [-0.15, -0.1) is 24.0 Å². The zero-order chi connectivity index (χ0) is 18.9. The number of amides is 1.